The molecule has 0 unspecified atom stereocenters. The molecule has 0 aliphatic rings. The van der Waals surface area contributed by atoms with Crippen molar-refractivity contribution >= 4 is 70.9 Å². The molecule has 1 nitrogen and oxygen atoms in total. The average Bonchev–Trinajstić information content (AvgIpc) is 3.36. The second kappa shape index (κ2) is 15.3. The van der Waals surface area contributed by atoms with Gasteiger partial charge >= 0.3 is 0 Å². The maximum atomic E-state index is 2.44. The van der Waals surface area contributed by atoms with Crippen LogP contribution in [0.3, 0.4) is 0 Å². The Bertz CT molecular complexity index is 3650. The van der Waals surface area contributed by atoms with Crippen molar-refractivity contribution in [2.75, 3.05) is 4.90 Å². The highest BCUT2D eigenvalue weighted by Gasteiger charge is 2.20. The number of fused-ring (bicyclic) bond motifs is 7. The molecule has 0 bridgehead atoms. The number of anilines is 3. The predicted molar refractivity (Wildman–Crippen MR) is 270 cm³/mol. The van der Waals surface area contributed by atoms with Gasteiger partial charge in [-0.05, 0) is 135 Å². The quantitative estimate of drug-likeness (QED) is 0.145. The van der Waals surface area contributed by atoms with Crippen molar-refractivity contribution in [3.05, 3.63) is 249 Å². The summed E-state index contributed by atoms with van der Waals surface area (Å²) in [6, 6.07) is 91.2. The summed E-state index contributed by atoms with van der Waals surface area (Å²) in [5.41, 5.74) is 12.8. The van der Waals surface area contributed by atoms with Crippen LogP contribution < -0.4 is 4.90 Å². The van der Waals surface area contributed by atoms with Crippen LogP contribution in [0.4, 0.5) is 17.1 Å². The largest absolute Gasteiger partial charge is 0.310 e. The van der Waals surface area contributed by atoms with Gasteiger partial charge in [0.05, 0.1) is 5.69 Å². The standard InChI is InChI=1S/C62H41N/c1-2-13-44(14-3-1)58-38-32-50(55-24-12-18-43-15-4-7-19-53(43)55)41-62(58)63(51-33-27-42(28-34-51)47-31-37-57-49(39-47)26-25-45-16-5-8-20-54(45)57)52-35-29-46(30-36-52)61-40-48-17-6-9-21-56(48)59-22-10-11-23-60(59)61/h1-41H. The monoisotopic (exact) mass is 799 g/mol. The molecule has 0 N–H and O–H groups in total. The van der Waals surface area contributed by atoms with Crippen LogP contribution in [-0.2, 0) is 0 Å². The van der Waals surface area contributed by atoms with Gasteiger partial charge in [-0.3, -0.25) is 0 Å². The molecule has 0 spiro atoms. The van der Waals surface area contributed by atoms with Crippen molar-refractivity contribution in [2.45, 2.75) is 0 Å². The second-order valence-corrected chi connectivity index (χ2v) is 16.5. The van der Waals surface area contributed by atoms with Gasteiger partial charge in [0, 0.05) is 16.9 Å². The summed E-state index contributed by atoms with van der Waals surface area (Å²) < 4.78 is 0. The molecule has 0 atom stereocenters. The first-order chi connectivity index (χ1) is 31.2. The lowest BCUT2D eigenvalue weighted by molar-refractivity contribution is 1.28. The van der Waals surface area contributed by atoms with Crippen LogP contribution in [0.15, 0.2) is 249 Å². The lowest BCUT2D eigenvalue weighted by atomic mass is 9.92. The van der Waals surface area contributed by atoms with Crippen LogP contribution in [0.25, 0.3) is 98.4 Å². The summed E-state index contributed by atoms with van der Waals surface area (Å²) in [5.74, 6) is 0. The zero-order valence-corrected chi connectivity index (χ0v) is 34.6. The van der Waals surface area contributed by atoms with E-state index < -0.39 is 0 Å². The smallest absolute Gasteiger partial charge is 0.0546 e. The maximum Gasteiger partial charge on any atom is 0.0546 e. The van der Waals surface area contributed by atoms with Gasteiger partial charge in [0.1, 0.15) is 0 Å². The van der Waals surface area contributed by atoms with E-state index >= 15 is 0 Å². The third-order valence-electron chi connectivity index (χ3n) is 12.8. The summed E-state index contributed by atoms with van der Waals surface area (Å²) in [5, 5.41) is 12.6. The molecule has 0 aromatic heterocycles. The van der Waals surface area contributed by atoms with Crippen molar-refractivity contribution in [1.82, 2.24) is 0 Å². The molecular weight excluding hydrogens is 759 g/mol. The Labute approximate surface area is 367 Å². The van der Waals surface area contributed by atoms with E-state index in [0.717, 1.165) is 22.6 Å². The average molecular weight is 800 g/mol. The molecule has 63 heavy (non-hydrogen) atoms. The Hall–Kier alpha value is -8.26. The predicted octanol–water partition coefficient (Wildman–Crippen LogP) is 17.6. The zero-order chi connectivity index (χ0) is 41.7. The molecule has 0 heterocycles. The van der Waals surface area contributed by atoms with E-state index in [-0.39, 0.29) is 0 Å². The third kappa shape index (κ3) is 6.50. The van der Waals surface area contributed by atoms with Crippen molar-refractivity contribution in [3.63, 3.8) is 0 Å². The molecule has 0 aliphatic heterocycles. The van der Waals surface area contributed by atoms with Crippen molar-refractivity contribution in [1.29, 1.82) is 0 Å². The lowest BCUT2D eigenvalue weighted by Crippen LogP contribution is -2.11. The summed E-state index contributed by atoms with van der Waals surface area (Å²) >= 11 is 0. The molecule has 0 fully saturated rings. The van der Waals surface area contributed by atoms with E-state index in [1.165, 1.54) is 92.8 Å². The first kappa shape index (κ1) is 36.6. The summed E-state index contributed by atoms with van der Waals surface area (Å²) in [6.07, 6.45) is 0. The molecule has 12 aromatic carbocycles. The van der Waals surface area contributed by atoms with Gasteiger partial charge in [0.25, 0.3) is 0 Å². The second-order valence-electron chi connectivity index (χ2n) is 16.5. The van der Waals surface area contributed by atoms with Gasteiger partial charge < -0.3 is 4.90 Å². The number of hydrogen-bond acceptors (Lipinski definition) is 1. The van der Waals surface area contributed by atoms with Gasteiger partial charge in [0.15, 0.2) is 0 Å². The number of rotatable bonds is 7. The van der Waals surface area contributed by atoms with Crippen LogP contribution in [0, 0.1) is 0 Å². The van der Waals surface area contributed by atoms with Crippen LogP contribution in [-0.4, -0.2) is 0 Å². The number of hydrogen-bond donors (Lipinski definition) is 0. The summed E-state index contributed by atoms with van der Waals surface area (Å²) in [7, 11) is 0. The van der Waals surface area contributed by atoms with Gasteiger partial charge in [-0.25, -0.2) is 0 Å². The van der Waals surface area contributed by atoms with E-state index in [1.54, 1.807) is 0 Å². The molecule has 0 radical (unpaired) electrons. The van der Waals surface area contributed by atoms with Crippen molar-refractivity contribution < 1.29 is 0 Å². The normalized spacial score (nSPS) is 11.5. The van der Waals surface area contributed by atoms with Crippen molar-refractivity contribution in [2.24, 2.45) is 0 Å². The fourth-order valence-electron chi connectivity index (χ4n) is 9.73. The Morgan fingerprint density at radius 2 is 0.698 bits per heavy atom. The van der Waals surface area contributed by atoms with Gasteiger partial charge in [0.2, 0.25) is 0 Å². The molecule has 12 rings (SSSR count). The zero-order valence-electron chi connectivity index (χ0n) is 34.6. The Balaban J connectivity index is 1.03. The number of benzene rings is 12. The Morgan fingerprint density at radius 1 is 0.206 bits per heavy atom. The van der Waals surface area contributed by atoms with E-state index in [1.807, 2.05) is 0 Å². The first-order valence-electron chi connectivity index (χ1n) is 21.7. The van der Waals surface area contributed by atoms with E-state index in [0.29, 0.717) is 0 Å². The fraction of sp³-hybridized carbons (Fsp3) is 0. The Morgan fingerprint density at radius 3 is 1.44 bits per heavy atom. The highest BCUT2D eigenvalue weighted by atomic mass is 15.1. The Kier molecular flexibility index (Phi) is 8.90. The minimum atomic E-state index is 1.08. The highest BCUT2D eigenvalue weighted by Crippen LogP contribution is 2.45. The molecule has 294 valence electrons. The van der Waals surface area contributed by atoms with E-state index in [4.69, 9.17) is 0 Å². The topological polar surface area (TPSA) is 3.24 Å². The molecule has 0 saturated heterocycles. The van der Waals surface area contributed by atoms with Crippen LogP contribution in [0.5, 0.6) is 0 Å². The molecule has 0 saturated carbocycles. The molecule has 0 amide bonds. The lowest BCUT2D eigenvalue weighted by Gasteiger charge is -2.29. The first-order valence-corrected chi connectivity index (χ1v) is 21.7. The van der Waals surface area contributed by atoms with Gasteiger partial charge in [-0.2, -0.15) is 0 Å². The SMILES string of the molecule is c1ccc(-c2ccc(-c3cccc4ccccc34)cc2N(c2ccc(-c3ccc4c(ccc5ccccc54)c3)cc2)c2ccc(-c3cc4ccccc4c4ccccc34)cc2)cc1. The third-order valence-corrected chi connectivity index (χ3v) is 12.8. The minimum absolute atomic E-state index is 1.08. The van der Waals surface area contributed by atoms with Crippen LogP contribution in [0.2, 0.25) is 0 Å². The molecule has 0 aliphatic carbocycles. The fourth-order valence-corrected chi connectivity index (χ4v) is 9.73. The van der Waals surface area contributed by atoms with Crippen molar-refractivity contribution in [3.8, 4) is 44.5 Å². The molecular formula is C62H41N. The minimum Gasteiger partial charge on any atom is -0.310 e. The number of nitrogens with zero attached hydrogens (tertiary/aromatic N) is 1. The van der Waals surface area contributed by atoms with Crippen LogP contribution >= 0.6 is 0 Å². The molecule has 12 aromatic rings. The maximum absolute atomic E-state index is 2.44. The summed E-state index contributed by atoms with van der Waals surface area (Å²) in [6.45, 7) is 0. The van der Waals surface area contributed by atoms with E-state index in [9.17, 15) is 0 Å². The highest BCUT2D eigenvalue weighted by molar-refractivity contribution is 6.14. The van der Waals surface area contributed by atoms with Gasteiger partial charge in [-0.1, -0.05) is 206 Å². The van der Waals surface area contributed by atoms with Crippen LogP contribution in [0.1, 0.15) is 0 Å². The van der Waals surface area contributed by atoms with E-state index in [2.05, 4.69) is 254 Å². The van der Waals surface area contributed by atoms with Gasteiger partial charge in [-0.15, -0.1) is 0 Å². The molecule has 1 heteroatoms. The summed E-state index contributed by atoms with van der Waals surface area (Å²) in [4.78, 5) is 2.44.